The van der Waals surface area contributed by atoms with Crippen molar-refractivity contribution in [2.24, 2.45) is 7.05 Å². The summed E-state index contributed by atoms with van der Waals surface area (Å²) in [6.45, 7) is 3.59. The van der Waals surface area contributed by atoms with E-state index in [1.54, 1.807) is 26.1 Å². The highest BCUT2D eigenvalue weighted by atomic mass is 32.2. The number of aromatic nitrogens is 2. The maximum atomic E-state index is 12.7. The van der Waals surface area contributed by atoms with Crippen LogP contribution in [0.4, 0.5) is 11.5 Å². The standard InChI is InChI=1S/C13H18N4O2S/c1-9-6-5-7-11(8-9)17(4)20(18,19)12-10(2)16(3)15-13(12)14/h5-8H,1-4H3,(H2,14,15). The minimum absolute atomic E-state index is 0.0181. The molecule has 0 unspecified atom stereocenters. The smallest absolute Gasteiger partial charge is 0.269 e. The number of rotatable bonds is 3. The summed E-state index contributed by atoms with van der Waals surface area (Å²) in [5.74, 6) is 0.0181. The Hall–Kier alpha value is -2.02. The lowest BCUT2D eigenvalue weighted by molar-refractivity contribution is 0.593. The summed E-state index contributed by atoms with van der Waals surface area (Å²) in [6.07, 6.45) is 0. The van der Waals surface area contributed by atoms with Crippen molar-refractivity contribution in [3.63, 3.8) is 0 Å². The third-order valence-electron chi connectivity index (χ3n) is 3.29. The highest BCUT2D eigenvalue weighted by molar-refractivity contribution is 7.93. The average Bonchev–Trinajstić information content (AvgIpc) is 2.62. The molecule has 0 atom stereocenters. The molecule has 2 aromatic rings. The van der Waals surface area contributed by atoms with Crippen molar-refractivity contribution in [3.05, 3.63) is 35.5 Å². The summed E-state index contributed by atoms with van der Waals surface area (Å²) >= 11 is 0. The molecule has 0 aliphatic rings. The Morgan fingerprint density at radius 1 is 1.30 bits per heavy atom. The molecule has 0 bridgehead atoms. The number of sulfonamides is 1. The number of hydrogen-bond acceptors (Lipinski definition) is 4. The highest BCUT2D eigenvalue weighted by Gasteiger charge is 2.29. The minimum Gasteiger partial charge on any atom is -0.381 e. The summed E-state index contributed by atoms with van der Waals surface area (Å²) in [5, 5.41) is 3.96. The zero-order valence-electron chi connectivity index (χ0n) is 12.0. The lowest BCUT2D eigenvalue weighted by Gasteiger charge is -2.19. The number of nitrogens with two attached hydrogens (primary N) is 1. The maximum absolute atomic E-state index is 12.7. The van der Waals surface area contributed by atoms with Crippen molar-refractivity contribution in [2.75, 3.05) is 17.1 Å². The van der Waals surface area contributed by atoms with E-state index in [1.807, 2.05) is 19.1 Å². The second-order valence-corrected chi connectivity index (χ2v) is 6.64. The molecule has 108 valence electrons. The zero-order chi connectivity index (χ0) is 15.1. The number of anilines is 2. The van der Waals surface area contributed by atoms with E-state index in [1.165, 1.54) is 16.0 Å². The number of nitrogen functional groups attached to an aromatic ring is 1. The Morgan fingerprint density at radius 2 is 1.95 bits per heavy atom. The summed E-state index contributed by atoms with van der Waals surface area (Å²) in [4.78, 5) is 0.0593. The van der Waals surface area contributed by atoms with Gasteiger partial charge in [0.2, 0.25) is 0 Å². The van der Waals surface area contributed by atoms with Crippen LogP contribution >= 0.6 is 0 Å². The summed E-state index contributed by atoms with van der Waals surface area (Å²) in [6, 6.07) is 7.27. The van der Waals surface area contributed by atoms with Gasteiger partial charge < -0.3 is 5.73 Å². The molecular formula is C13H18N4O2S. The number of benzene rings is 1. The van der Waals surface area contributed by atoms with Crippen LogP contribution in [0.5, 0.6) is 0 Å². The Balaban J connectivity index is 2.55. The van der Waals surface area contributed by atoms with Gasteiger partial charge in [-0.15, -0.1) is 0 Å². The monoisotopic (exact) mass is 294 g/mol. The molecule has 0 aliphatic carbocycles. The second-order valence-electron chi connectivity index (χ2n) is 4.73. The summed E-state index contributed by atoms with van der Waals surface area (Å²) in [5.41, 5.74) is 7.83. The minimum atomic E-state index is -3.72. The van der Waals surface area contributed by atoms with Crippen LogP contribution in [0, 0.1) is 13.8 Å². The van der Waals surface area contributed by atoms with Gasteiger partial charge in [0.1, 0.15) is 0 Å². The third kappa shape index (κ3) is 2.24. The Labute approximate surface area is 118 Å². The molecule has 0 aliphatic heterocycles. The fraction of sp³-hybridized carbons (Fsp3) is 0.308. The largest absolute Gasteiger partial charge is 0.381 e. The van der Waals surface area contributed by atoms with E-state index in [4.69, 9.17) is 5.73 Å². The van der Waals surface area contributed by atoms with E-state index in [2.05, 4.69) is 5.10 Å². The summed E-state index contributed by atoms with van der Waals surface area (Å²) < 4.78 is 28.1. The molecule has 0 saturated carbocycles. The fourth-order valence-corrected chi connectivity index (χ4v) is 3.51. The molecule has 1 aromatic heterocycles. The van der Waals surface area contributed by atoms with Gasteiger partial charge in [-0.2, -0.15) is 5.10 Å². The number of aryl methyl sites for hydroxylation is 2. The highest BCUT2D eigenvalue weighted by Crippen LogP contribution is 2.28. The van der Waals surface area contributed by atoms with Crippen molar-refractivity contribution in [2.45, 2.75) is 18.7 Å². The lowest BCUT2D eigenvalue weighted by atomic mass is 10.2. The number of hydrogen-bond donors (Lipinski definition) is 1. The summed E-state index contributed by atoms with van der Waals surface area (Å²) in [7, 11) is -0.550. The quantitative estimate of drug-likeness (QED) is 0.929. The normalized spacial score (nSPS) is 11.6. The van der Waals surface area contributed by atoms with Crippen molar-refractivity contribution in [3.8, 4) is 0 Å². The fourth-order valence-electron chi connectivity index (χ4n) is 2.03. The first-order valence-electron chi connectivity index (χ1n) is 6.10. The van der Waals surface area contributed by atoms with Gasteiger partial charge >= 0.3 is 0 Å². The maximum Gasteiger partial charge on any atom is 0.269 e. The van der Waals surface area contributed by atoms with E-state index < -0.39 is 10.0 Å². The van der Waals surface area contributed by atoms with E-state index in [0.29, 0.717) is 11.4 Å². The van der Waals surface area contributed by atoms with Crippen LogP contribution in [-0.2, 0) is 17.1 Å². The molecule has 0 saturated heterocycles. The predicted molar refractivity (Wildman–Crippen MR) is 79.1 cm³/mol. The molecule has 7 heteroatoms. The molecule has 0 radical (unpaired) electrons. The van der Waals surface area contributed by atoms with E-state index in [-0.39, 0.29) is 10.7 Å². The second kappa shape index (κ2) is 4.82. The molecule has 0 spiro atoms. The van der Waals surface area contributed by atoms with Gasteiger partial charge in [0.05, 0.1) is 11.4 Å². The van der Waals surface area contributed by atoms with Crippen molar-refractivity contribution in [1.82, 2.24) is 9.78 Å². The molecule has 2 rings (SSSR count). The molecule has 1 aromatic carbocycles. The lowest BCUT2D eigenvalue weighted by Crippen LogP contribution is -2.27. The van der Waals surface area contributed by atoms with Gasteiger partial charge in [-0.1, -0.05) is 12.1 Å². The Kier molecular flexibility index (Phi) is 3.47. The molecule has 1 heterocycles. The van der Waals surface area contributed by atoms with Crippen LogP contribution in [-0.4, -0.2) is 25.2 Å². The van der Waals surface area contributed by atoms with Crippen molar-refractivity contribution >= 4 is 21.5 Å². The SMILES string of the molecule is Cc1cccc(N(C)S(=O)(=O)c2c(N)nn(C)c2C)c1. The Morgan fingerprint density at radius 3 is 2.45 bits per heavy atom. The topological polar surface area (TPSA) is 81.2 Å². The van der Waals surface area contributed by atoms with Crippen LogP contribution < -0.4 is 10.0 Å². The Bertz CT molecular complexity index is 750. The van der Waals surface area contributed by atoms with Crippen LogP contribution in [0.1, 0.15) is 11.3 Å². The van der Waals surface area contributed by atoms with Crippen LogP contribution in [0.3, 0.4) is 0 Å². The van der Waals surface area contributed by atoms with Crippen molar-refractivity contribution < 1.29 is 8.42 Å². The average molecular weight is 294 g/mol. The van der Waals surface area contributed by atoms with E-state index in [9.17, 15) is 8.42 Å². The first-order valence-corrected chi connectivity index (χ1v) is 7.54. The molecule has 0 fully saturated rings. The van der Waals surface area contributed by atoms with Crippen LogP contribution in [0.2, 0.25) is 0 Å². The van der Waals surface area contributed by atoms with Crippen LogP contribution in [0.25, 0.3) is 0 Å². The van der Waals surface area contributed by atoms with Gasteiger partial charge in [-0.05, 0) is 31.5 Å². The van der Waals surface area contributed by atoms with E-state index >= 15 is 0 Å². The van der Waals surface area contributed by atoms with Gasteiger partial charge in [0.15, 0.2) is 10.7 Å². The first-order chi connectivity index (χ1) is 9.25. The molecular weight excluding hydrogens is 276 g/mol. The third-order valence-corrected chi connectivity index (χ3v) is 5.24. The molecule has 0 amide bonds. The predicted octanol–water partition coefficient (Wildman–Crippen LogP) is 1.44. The van der Waals surface area contributed by atoms with Crippen LogP contribution in [0.15, 0.2) is 29.2 Å². The molecule has 6 nitrogen and oxygen atoms in total. The number of nitrogens with zero attached hydrogens (tertiary/aromatic N) is 3. The van der Waals surface area contributed by atoms with Gasteiger partial charge in [-0.25, -0.2) is 8.42 Å². The van der Waals surface area contributed by atoms with E-state index in [0.717, 1.165) is 5.56 Å². The van der Waals surface area contributed by atoms with Crippen molar-refractivity contribution in [1.29, 1.82) is 0 Å². The molecule has 2 N–H and O–H groups in total. The van der Waals surface area contributed by atoms with Gasteiger partial charge in [0, 0.05) is 14.1 Å². The molecule has 20 heavy (non-hydrogen) atoms. The van der Waals surface area contributed by atoms with Gasteiger partial charge in [0.25, 0.3) is 10.0 Å². The first kappa shape index (κ1) is 14.4. The zero-order valence-corrected chi connectivity index (χ0v) is 12.8. The van der Waals surface area contributed by atoms with Gasteiger partial charge in [-0.3, -0.25) is 8.99 Å².